The quantitative estimate of drug-likeness (QED) is 0.689. The van der Waals surface area contributed by atoms with Crippen molar-refractivity contribution >= 4 is 5.71 Å². The molecule has 4 rings (SSSR count). The third kappa shape index (κ3) is 2.88. The van der Waals surface area contributed by atoms with Gasteiger partial charge in [-0.1, -0.05) is 69.3 Å². The van der Waals surface area contributed by atoms with Crippen LogP contribution in [0.1, 0.15) is 61.9 Å². The van der Waals surface area contributed by atoms with Gasteiger partial charge in [0.05, 0.1) is 11.8 Å². The van der Waals surface area contributed by atoms with E-state index < -0.39 is 0 Å². The minimum atomic E-state index is 0.197. The van der Waals surface area contributed by atoms with Gasteiger partial charge in [0, 0.05) is 18.5 Å². The second-order valence-electron chi connectivity index (χ2n) is 8.53. The molecule has 0 bridgehead atoms. The number of rotatable bonds is 1. The Morgan fingerprint density at radius 3 is 2.44 bits per heavy atom. The highest BCUT2D eigenvalue weighted by atomic mass is 15.5. The lowest BCUT2D eigenvalue weighted by atomic mass is 9.83. The Kier molecular flexibility index (Phi) is 3.94. The van der Waals surface area contributed by atoms with Gasteiger partial charge in [-0.2, -0.15) is 5.10 Å². The standard InChI is InChI=1S/C23H28N2/c1-23(2,3)18-14-12-17(13-15-18)22-20-11-7-9-16-8-5-6-10-19(16)21(20)24-25(22)4/h5-6,8,10,12-15,20,22H,7,9,11H2,1-4H3/t20-,22-/m0/s1. The summed E-state index contributed by atoms with van der Waals surface area (Å²) >= 11 is 0. The molecule has 2 heteroatoms. The van der Waals surface area contributed by atoms with Crippen LogP contribution in [0.25, 0.3) is 0 Å². The molecule has 2 atom stereocenters. The van der Waals surface area contributed by atoms with Crippen LogP contribution in [0.3, 0.4) is 0 Å². The van der Waals surface area contributed by atoms with Crippen LogP contribution in [0.5, 0.6) is 0 Å². The molecular formula is C23H28N2. The van der Waals surface area contributed by atoms with Crippen molar-refractivity contribution < 1.29 is 0 Å². The molecule has 1 aliphatic heterocycles. The average Bonchev–Trinajstić information content (AvgIpc) is 2.80. The fourth-order valence-electron chi connectivity index (χ4n) is 4.39. The fraction of sp³-hybridized carbons (Fsp3) is 0.435. The predicted octanol–water partition coefficient (Wildman–Crippen LogP) is 5.33. The first-order chi connectivity index (χ1) is 11.9. The second-order valence-corrected chi connectivity index (χ2v) is 8.53. The Bertz CT molecular complexity index is 796. The molecule has 0 N–H and O–H groups in total. The van der Waals surface area contributed by atoms with Gasteiger partial charge in [0.1, 0.15) is 0 Å². The van der Waals surface area contributed by atoms with Gasteiger partial charge >= 0.3 is 0 Å². The number of hydrogen-bond acceptors (Lipinski definition) is 2. The number of benzene rings is 2. The number of fused-ring (bicyclic) bond motifs is 3. The topological polar surface area (TPSA) is 15.6 Å². The van der Waals surface area contributed by atoms with Gasteiger partial charge in [-0.15, -0.1) is 0 Å². The van der Waals surface area contributed by atoms with Crippen LogP contribution in [-0.2, 0) is 11.8 Å². The summed E-state index contributed by atoms with van der Waals surface area (Å²) in [5, 5.41) is 7.18. The summed E-state index contributed by atoms with van der Waals surface area (Å²) in [5.41, 5.74) is 7.10. The molecule has 0 aromatic heterocycles. The van der Waals surface area contributed by atoms with Crippen LogP contribution in [0.4, 0.5) is 0 Å². The molecule has 0 fully saturated rings. The summed E-state index contributed by atoms with van der Waals surface area (Å²) < 4.78 is 0. The van der Waals surface area contributed by atoms with Crippen molar-refractivity contribution in [3.05, 3.63) is 70.8 Å². The van der Waals surface area contributed by atoms with E-state index in [1.807, 2.05) is 0 Å². The van der Waals surface area contributed by atoms with Crippen LogP contribution < -0.4 is 0 Å². The van der Waals surface area contributed by atoms with Gasteiger partial charge in [0.2, 0.25) is 0 Å². The monoisotopic (exact) mass is 332 g/mol. The normalized spacial score (nSPS) is 22.9. The Morgan fingerprint density at radius 2 is 1.72 bits per heavy atom. The van der Waals surface area contributed by atoms with E-state index >= 15 is 0 Å². The second kappa shape index (κ2) is 6.01. The van der Waals surface area contributed by atoms with Gasteiger partial charge in [-0.05, 0) is 41.4 Å². The smallest absolute Gasteiger partial charge is 0.0801 e. The zero-order valence-corrected chi connectivity index (χ0v) is 15.8. The number of hydrazone groups is 1. The van der Waals surface area contributed by atoms with E-state index in [0.29, 0.717) is 12.0 Å². The molecule has 0 spiro atoms. The molecule has 2 nitrogen and oxygen atoms in total. The van der Waals surface area contributed by atoms with Crippen LogP contribution in [0.15, 0.2) is 53.6 Å². The molecule has 0 radical (unpaired) electrons. The number of hydrogen-bond donors (Lipinski definition) is 0. The molecule has 0 amide bonds. The maximum atomic E-state index is 4.99. The zero-order valence-electron chi connectivity index (χ0n) is 15.8. The number of aryl methyl sites for hydroxylation is 1. The molecule has 25 heavy (non-hydrogen) atoms. The molecule has 1 heterocycles. The van der Waals surface area contributed by atoms with Crippen molar-refractivity contribution in [3.63, 3.8) is 0 Å². The van der Waals surface area contributed by atoms with Gasteiger partial charge in [0.25, 0.3) is 0 Å². The van der Waals surface area contributed by atoms with E-state index in [4.69, 9.17) is 5.10 Å². The number of nitrogens with zero attached hydrogens (tertiary/aromatic N) is 2. The van der Waals surface area contributed by atoms with Gasteiger partial charge in [-0.25, -0.2) is 0 Å². The van der Waals surface area contributed by atoms with Gasteiger partial charge in [0.15, 0.2) is 0 Å². The van der Waals surface area contributed by atoms with Crippen LogP contribution >= 0.6 is 0 Å². The first kappa shape index (κ1) is 16.4. The summed E-state index contributed by atoms with van der Waals surface area (Å²) in [4.78, 5) is 0. The molecule has 0 saturated heterocycles. The largest absolute Gasteiger partial charge is 0.292 e. The highest BCUT2D eigenvalue weighted by Gasteiger charge is 2.38. The lowest BCUT2D eigenvalue weighted by Crippen LogP contribution is -2.23. The Labute approximate surface area is 151 Å². The molecule has 130 valence electrons. The third-order valence-electron chi connectivity index (χ3n) is 5.77. The highest BCUT2D eigenvalue weighted by molar-refractivity contribution is 6.05. The molecule has 0 saturated carbocycles. The van der Waals surface area contributed by atoms with Crippen molar-refractivity contribution in [3.8, 4) is 0 Å². The maximum absolute atomic E-state index is 4.99. The van der Waals surface area contributed by atoms with E-state index in [0.717, 1.165) is 0 Å². The van der Waals surface area contributed by atoms with E-state index in [9.17, 15) is 0 Å². The fourth-order valence-corrected chi connectivity index (χ4v) is 4.39. The molecule has 2 aromatic carbocycles. The third-order valence-corrected chi connectivity index (χ3v) is 5.77. The van der Waals surface area contributed by atoms with Crippen molar-refractivity contribution in [2.24, 2.45) is 11.0 Å². The summed E-state index contributed by atoms with van der Waals surface area (Å²) in [7, 11) is 2.13. The Balaban J connectivity index is 1.70. The molecule has 1 aliphatic carbocycles. The minimum absolute atomic E-state index is 0.197. The molecular weight excluding hydrogens is 304 g/mol. The van der Waals surface area contributed by atoms with E-state index in [1.165, 1.54) is 47.2 Å². The van der Waals surface area contributed by atoms with Crippen LogP contribution in [0.2, 0.25) is 0 Å². The maximum Gasteiger partial charge on any atom is 0.0801 e. The summed E-state index contributed by atoms with van der Waals surface area (Å²) in [6.45, 7) is 6.81. The lowest BCUT2D eigenvalue weighted by molar-refractivity contribution is 0.243. The summed E-state index contributed by atoms with van der Waals surface area (Å²) in [6.07, 6.45) is 3.62. The van der Waals surface area contributed by atoms with Crippen molar-refractivity contribution in [1.82, 2.24) is 5.01 Å². The highest BCUT2D eigenvalue weighted by Crippen LogP contribution is 2.42. The summed E-state index contributed by atoms with van der Waals surface area (Å²) in [5.74, 6) is 0.495. The first-order valence-corrected chi connectivity index (χ1v) is 9.45. The van der Waals surface area contributed by atoms with E-state index in [2.05, 4.69) is 81.4 Å². The average molecular weight is 332 g/mol. The van der Waals surface area contributed by atoms with Gasteiger partial charge < -0.3 is 0 Å². The first-order valence-electron chi connectivity index (χ1n) is 9.45. The van der Waals surface area contributed by atoms with Crippen molar-refractivity contribution in [1.29, 1.82) is 0 Å². The van der Waals surface area contributed by atoms with E-state index in [-0.39, 0.29) is 5.41 Å². The lowest BCUT2D eigenvalue weighted by Gasteiger charge is -2.26. The molecule has 0 unspecified atom stereocenters. The molecule has 2 aromatic rings. The van der Waals surface area contributed by atoms with E-state index in [1.54, 1.807) is 0 Å². The summed E-state index contributed by atoms with van der Waals surface area (Å²) in [6, 6.07) is 18.4. The molecule has 2 aliphatic rings. The van der Waals surface area contributed by atoms with Crippen molar-refractivity contribution in [2.75, 3.05) is 7.05 Å². The van der Waals surface area contributed by atoms with Crippen molar-refractivity contribution in [2.45, 2.75) is 51.5 Å². The van der Waals surface area contributed by atoms with Crippen LogP contribution in [0, 0.1) is 5.92 Å². The predicted molar refractivity (Wildman–Crippen MR) is 105 cm³/mol. The zero-order chi connectivity index (χ0) is 17.6. The van der Waals surface area contributed by atoms with Gasteiger partial charge in [-0.3, -0.25) is 5.01 Å². The Morgan fingerprint density at radius 1 is 1.00 bits per heavy atom. The van der Waals surface area contributed by atoms with Crippen LogP contribution in [-0.4, -0.2) is 17.8 Å². The SMILES string of the molecule is CN1N=C2c3ccccc3CCC[C@@H]2[C@@H]1c1ccc(C(C)(C)C)cc1. The minimum Gasteiger partial charge on any atom is -0.292 e. The Hall–Kier alpha value is -2.09.